The number of hydrogen-bond acceptors (Lipinski definition) is 2. The summed E-state index contributed by atoms with van der Waals surface area (Å²) in [5.41, 5.74) is 8.66. The van der Waals surface area contributed by atoms with Crippen LogP contribution in [0.2, 0.25) is 5.02 Å². The summed E-state index contributed by atoms with van der Waals surface area (Å²) in [6.07, 6.45) is 4.62. The van der Waals surface area contributed by atoms with Gasteiger partial charge in [-0.2, -0.15) is 0 Å². The molecule has 1 aliphatic rings. The molecule has 0 amide bonds. The maximum Gasteiger partial charge on any atom is 0.0454 e. The maximum atomic E-state index is 6.43. The molecule has 0 unspecified atom stereocenters. The third-order valence-electron chi connectivity index (χ3n) is 3.61. The Morgan fingerprint density at radius 3 is 2.47 bits per heavy atom. The van der Waals surface area contributed by atoms with Crippen molar-refractivity contribution in [1.82, 2.24) is 4.90 Å². The van der Waals surface area contributed by atoms with Crippen molar-refractivity contribution in [3.63, 3.8) is 0 Å². The Morgan fingerprint density at radius 1 is 1.29 bits per heavy atom. The lowest BCUT2D eigenvalue weighted by atomic mass is 9.89. The van der Waals surface area contributed by atoms with Crippen LogP contribution in [0.25, 0.3) is 0 Å². The highest BCUT2D eigenvalue weighted by atomic mass is 35.5. The average Bonchev–Trinajstić information content (AvgIpc) is 2.69. The van der Waals surface area contributed by atoms with E-state index in [1.54, 1.807) is 0 Å². The highest BCUT2D eigenvalue weighted by Crippen LogP contribution is 2.37. The van der Waals surface area contributed by atoms with E-state index in [1.165, 1.54) is 24.0 Å². The summed E-state index contributed by atoms with van der Waals surface area (Å²) in [6.45, 7) is 0.872. The van der Waals surface area contributed by atoms with E-state index < -0.39 is 0 Å². The first kappa shape index (κ1) is 12.9. The summed E-state index contributed by atoms with van der Waals surface area (Å²) in [4.78, 5) is 2.12. The van der Waals surface area contributed by atoms with Crippen molar-refractivity contribution in [2.45, 2.75) is 37.8 Å². The van der Waals surface area contributed by atoms with Crippen LogP contribution in [-0.4, -0.2) is 19.0 Å². The molecule has 1 aromatic carbocycles. The normalized spacial score (nSPS) is 18.9. The van der Waals surface area contributed by atoms with Gasteiger partial charge in [0.25, 0.3) is 0 Å². The first-order valence-corrected chi connectivity index (χ1v) is 6.61. The summed E-state index contributed by atoms with van der Waals surface area (Å²) in [5, 5.41) is 0.841. The van der Waals surface area contributed by atoms with Gasteiger partial charge in [0.1, 0.15) is 0 Å². The molecule has 2 rings (SSSR count). The van der Waals surface area contributed by atoms with Gasteiger partial charge in [0.15, 0.2) is 0 Å². The topological polar surface area (TPSA) is 29.3 Å². The Morgan fingerprint density at radius 2 is 1.94 bits per heavy atom. The average molecular weight is 253 g/mol. The third kappa shape index (κ3) is 2.82. The number of halogens is 1. The lowest BCUT2D eigenvalue weighted by molar-refractivity contribution is 0.402. The molecule has 3 heteroatoms. The lowest BCUT2D eigenvalue weighted by Crippen LogP contribution is -2.33. The van der Waals surface area contributed by atoms with Crippen LogP contribution in [0.15, 0.2) is 18.2 Å². The van der Waals surface area contributed by atoms with Crippen LogP contribution < -0.4 is 5.73 Å². The molecule has 0 aliphatic heterocycles. The molecule has 94 valence electrons. The van der Waals surface area contributed by atoms with Crippen LogP contribution in [0.4, 0.5) is 0 Å². The molecule has 1 aliphatic carbocycles. The molecule has 0 bridgehead atoms. The van der Waals surface area contributed by atoms with Gasteiger partial charge >= 0.3 is 0 Å². The molecule has 0 saturated heterocycles. The number of rotatable bonds is 3. The minimum absolute atomic E-state index is 0.139. The Balaban J connectivity index is 2.24. The number of nitrogens with two attached hydrogens (primary N) is 1. The second-order valence-corrected chi connectivity index (χ2v) is 5.81. The van der Waals surface area contributed by atoms with Crippen molar-refractivity contribution in [2.75, 3.05) is 14.1 Å². The van der Waals surface area contributed by atoms with Gasteiger partial charge < -0.3 is 10.6 Å². The quantitative estimate of drug-likeness (QED) is 0.896. The van der Waals surface area contributed by atoms with Crippen LogP contribution in [0, 0.1) is 0 Å². The Bertz CT molecular complexity index is 395. The summed E-state index contributed by atoms with van der Waals surface area (Å²) < 4.78 is 0. The van der Waals surface area contributed by atoms with E-state index >= 15 is 0 Å². The number of benzene rings is 1. The molecule has 0 spiro atoms. The maximum absolute atomic E-state index is 6.43. The fourth-order valence-corrected chi connectivity index (χ4v) is 2.86. The molecule has 0 aromatic heterocycles. The smallest absolute Gasteiger partial charge is 0.0454 e. The largest absolute Gasteiger partial charge is 0.321 e. The van der Waals surface area contributed by atoms with Gasteiger partial charge in [0.05, 0.1) is 0 Å². The van der Waals surface area contributed by atoms with E-state index in [4.69, 9.17) is 17.3 Å². The van der Waals surface area contributed by atoms with Crippen molar-refractivity contribution in [1.29, 1.82) is 0 Å². The molecular weight excluding hydrogens is 232 g/mol. The van der Waals surface area contributed by atoms with Crippen molar-refractivity contribution in [2.24, 2.45) is 5.73 Å². The summed E-state index contributed by atoms with van der Waals surface area (Å²) in [7, 11) is 4.09. The molecule has 0 radical (unpaired) electrons. The van der Waals surface area contributed by atoms with Gasteiger partial charge in [0, 0.05) is 17.1 Å². The van der Waals surface area contributed by atoms with Gasteiger partial charge in [-0.3, -0.25) is 0 Å². The minimum atomic E-state index is -0.139. The van der Waals surface area contributed by atoms with E-state index in [2.05, 4.69) is 23.1 Å². The highest BCUT2D eigenvalue weighted by Gasteiger charge is 2.31. The first-order chi connectivity index (χ1) is 8.01. The number of nitrogens with zero attached hydrogens (tertiary/aromatic N) is 1. The number of hydrogen-bond donors (Lipinski definition) is 1. The molecular formula is C14H21ClN2. The summed E-state index contributed by atoms with van der Waals surface area (Å²) >= 11 is 6.33. The van der Waals surface area contributed by atoms with Crippen molar-refractivity contribution in [3.05, 3.63) is 34.3 Å². The zero-order valence-corrected chi connectivity index (χ0v) is 11.4. The second-order valence-electron chi connectivity index (χ2n) is 5.41. The van der Waals surface area contributed by atoms with Crippen LogP contribution >= 0.6 is 11.6 Å². The van der Waals surface area contributed by atoms with Gasteiger partial charge in [-0.1, -0.05) is 36.6 Å². The van der Waals surface area contributed by atoms with Gasteiger partial charge in [-0.05, 0) is 44.1 Å². The van der Waals surface area contributed by atoms with Crippen LogP contribution in [0.5, 0.6) is 0 Å². The molecule has 0 heterocycles. The predicted octanol–water partition coefficient (Wildman–Crippen LogP) is 3.13. The first-order valence-electron chi connectivity index (χ1n) is 6.24. The van der Waals surface area contributed by atoms with Gasteiger partial charge in [-0.25, -0.2) is 0 Å². The van der Waals surface area contributed by atoms with Crippen molar-refractivity contribution in [3.8, 4) is 0 Å². The molecule has 1 saturated carbocycles. The van der Waals surface area contributed by atoms with E-state index in [9.17, 15) is 0 Å². The van der Waals surface area contributed by atoms with E-state index in [-0.39, 0.29) is 5.54 Å². The van der Waals surface area contributed by atoms with Crippen molar-refractivity contribution >= 4 is 11.6 Å². The zero-order chi connectivity index (χ0) is 12.5. The molecule has 2 nitrogen and oxygen atoms in total. The molecule has 1 fully saturated rings. The fraction of sp³-hybridized carbons (Fsp3) is 0.571. The zero-order valence-electron chi connectivity index (χ0n) is 10.7. The Labute approximate surface area is 109 Å². The SMILES string of the molecule is CN(C)Cc1ccc(C2(N)CCCC2)cc1Cl. The van der Waals surface area contributed by atoms with Crippen LogP contribution in [0.3, 0.4) is 0 Å². The standard InChI is InChI=1S/C14H21ClN2/c1-17(2)10-11-5-6-12(9-13(11)15)14(16)7-3-4-8-14/h5-6,9H,3-4,7-8,10,16H2,1-2H3. The fourth-order valence-electron chi connectivity index (χ4n) is 2.62. The molecule has 17 heavy (non-hydrogen) atoms. The van der Waals surface area contributed by atoms with Gasteiger partial charge in [-0.15, -0.1) is 0 Å². The third-order valence-corrected chi connectivity index (χ3v) is 3.96. The lowest BCUT2D eigenvalue weighted by Gasteiger charge is -2.25. The van der Waals surface area contributed by atoms with Gasteiger partial charge in [0.2, 0.25) is 0 Å². The van der Waals surface area contributed by atoms with E-state index in [0.29, 0.717) is 0 Å². The Hall–Kier alpha value is -0.570. The van der Waals surface area contributed by atoms with E-state index in [0.717, 1.165) is 24.4 Å². The Kier molecular flexibility index (Phi) is 3.76. The molecule has 1 aromatic rings. The molecule has 0 atom stereocenters. The highest BCUT2D eigenvalue weighted by molar-refractivity contribution is 6.31. The minimum Gasteiger partial charge on any atom is -0.321 e. The van der Waals surface area contributed by atoms with Crippen molar-refractivity contribution < 1.29 is 0 Å². The van der Waals surface area contributed by atoms with E-state index in [1.807, 2.05) is 14.1 Å². The molecule has 2 N–H and O–H groups in total. The van der Waals surface area contributed by atoms with Crippen LogP contribution in [-0.2, 0) is 12.1 Å². The summed E-state index contributed by atoms with van der Waals surface area (Å²) in [6, 6.07) is 6.33. The summed E-state index contributed by atoms with van der Waals surface area (Å²) in [5.74, 6) is 0. The predicted molar refractivity (Wildman–Crippen MR) is 73.2 cm³/mol. The van der Waals surface area contributed by atoms with Crippen LogP contribution in [0.1, 0.15) is 36.8 Å². The monoisotopic (exact) mass is 252 g/mol. The second kappa shape index (κ2) is 4.97.